The number of para-hydroxylation sites is 2. The molecule has 0 fully saturated rings. The molecule has 5 heteroatoms. The van der Waals surface area contributed by atoms with E-state index in [1.54, 1.807) is 6.07 Å². The maximum Gasteiger partial charge on any atom is 0.256 e. The van der Waals surface area contributed by atoms with E-state index < -0.39 is 0 Å². The number of halogens is 1. The smallest absolute Gasteiger partial charge is 0.256 e. The molecule has 102 valence electrons. The molecule has 3 nitrogen and oxygen atoms in total. The number of aromatic nitrogens is 1. The summed E-state index contributed by atoms with van der Waals surface area (Å²) in [6, 6.07) is 13.7. The molecule has 0 spiro atoms. The standard InChI is InChI=1S/C15H13FN2OS/c16-11-5-3-4-10(8-11)12(17)9-20-15-18-13-6-1-2-7-14(13)19-15/h1-8,12H,9,17H2. The highest BCUT2D eigenvalue weighted by Gasteiger charge is 2.11. The number of fused-ring (bicyclic) bond motifs is 1. The molecule has 1 unspecified atom stereocenters. The predicted octanol–water partition coefficient (Wildman–Crippen LogP) is 3.76. The maximum absolute atomic E-state index is 13.1. The monoisotopic (exact) mass is 288 g/mol. The number of thioether (sulfide) groups is 1. The molecule has 2 aromatic carbocycles. The predicted molar refractivity (Wildman–Crippen MR) is 78.1 cm³/mol. The minimum atomic E-state index is -0.273. The lowest BCUT2D eigenvalue weighted by atomic mass is 10.1. The van der Waals surface area contributed by atoms with Crippen LogP contribution in [0, 0.1) is 5.82 Å². The van der Waals surface area contributed by atoms with Gasteiger partial charge in [0.05, 0.1) is 0 Å². The Balaban J connectivity index is 1.69. The van der Waals surface area contributed by atoms with E-state index >= 15 is 0 Å². The Morgan fingerprint density at radius 3 is 2.85 bits per heavy atom. The molecule has 3 aromatic rings. The van der Waals surface area contributed by atoms with Crippen LogP contribution in [-0.2, 0) is 0 Å². The van der Waals surface area contributed by atoms with Crippen molar-refractivity contribution >= 4 is 22.9 Å². The molecule has 1 atom stereocenters. The van der Waals surface area contributed by atoms with Gasteiger partial charge in [0.2, 0.25) is 0 Å². The van der Waals surface area contributed by atoms with Gasteiger partial charge < -0.3 is 10.2 Å². The van der Waals surface area contributed by atoms with Crippen LogP contribution < -0.4 is 5.73 Å². The molecular weight excluding hydrogens is 275 g/mol. The summed E-state index contributed by atoms with van der Waals surface area (Å²) in [6.45, 7) is 0. The number of nitrogens with two attached hydrogens (primary N) is 1. The van der Waals surface area contributed by atoms with E-state index in [1.807, 2.05) is 30.3 Å². The van der Waals surface area contributed by atoms with Gasteiger partial charge in [0.1, 0.15) is 11.3 Å². The van der Waals surface area contributed by atoms with Crippen LogP contribution in [0.2, 0.25) is 0 Å². The van der Waals surface area contributed by atoms with Crippen molar-refractivity contribution in [1.29, 1.82) is 0 Å². The first-order valence-corrected chi connectivity index (χ1v) is 7.20. The van der Waals surface area contributed by atoms with Crippen molar-refractivity contribution in [2.75, 3.05) is 5.75 Å². The van der Waals surface area contributed by atoms with Crippen LogP contribution in [0.25, 0.3) is 11.1 Å². The number of benzene rings is 2. The van der Waals surface area contributed by atoms with Gasteiger partial charge >= 0.3 is 0 Å². The first-order chi connectivity index (χ1) is 9.72. The fourth-order valence-corrected chi connectivity index (χ4v) is 2.73. The van der Waals surface area contributed by atoms with Gasteiger partial charge in [-0.25, -0.2) is 9.37 Å². The summed E-state index contributed by atoms with van der Waals surface area (Å²) in [6.07, 6.45) is 0. The summed E-state index contributed by atoms with van der Waals surface area (Å²) in [4.78, 5) is 4.36. The zero-order valence-electron chi connectivity index (χ0n) is 10.6. The Morgan fingerprint density at radius 2 is 2.05 bits per heavy atom. The van der Waals surface area contributed by atoms with E-state index in [-0.39, 0.29) is 11.9 Å². The van der Waals surface area contributed by atoms with E-state index in [0.717, 1.165) is 16.7 Å². The maximum atomic E-state index is 13.1. The lowest BCUT2D eigenvalue weighted by molar-refractivity contribution is 0.489. The lowest BCUT2D eigenvalue weighted by Crippen LogP contribution is -2.13. The third kappa shape index (κ3) is 2.84. The van der Waals surface area contributed by atoms with Gasteiger partial charge in [-0.3, -0.25) is 0 Å². The Bertz CT molecular complexity index is 695. The van der Waals surface area contributed by atoms with E-state index in [9.17, 15) is 4.39 Å². The van der Waals surface area contributed by atoms with Crippen LogP contribution in [0.15, 0.2) is 58.2 Å². The Kier molecular flexibility index (Phi) is 3.71. The molecule has 0 aliphatic heterocycles. The Hall–Kier alpha value is -1.85. The Morgan fingerprint density at radius 1 is 1.20 bits per heavy atom. The minimum absolute atomic E-state index is 0.259. The molecule has 1 heterocycles. The van der Waals surface area contributed by atoms with Crippen molar-refractivity contribution in [1.82, 2.24) is 4.98 Å². The van der Waals surface area contributed by atoms with Gasteiger partial charge in [-0.05, 0) is 29.8 Å². The second-order valence-electron chi connectivity index (χ2n) is 4.42. The first-order valence-electron chi connectivity index (χ1n) is 6.22. The van der Waals surface area contributed by atoms with Crippen molar-refractivity contribution in [3.8, 4) is 0 Å². The molecule has 3 rings (SSSR count). The highest BCUT2D eigenvalue weighted by Crippen LogP contribution is 2.26. The third-order valence-corrected chi connectivity index (χ3v) is 3.88. The highest BCUT2D eigenvalue weighted by molar-refractivity contribution is 7.99. The fourth-order valence-electron chi connectivity index (χ4n) is 1.91. The van der Waals surface area contributed by atoms with Crippen LogP contribution in [0.1, 0.15) is 11.6 Å². The summed E-state index contributed by atoms with van der Waals surface area (Å²) in [5.74, 6) is 0.306. The van der Waals surface area contributed by atoms with Crippen molar-refractivity contribution < 1.29 is 8.81 Å². The fraction of sp³-hybridized carbons (Fsp3) is 0.133. The van der Waals surface area contributed by atoms with Gasteiger partial charge in [0.15, 0.2) is 5.58 Å². The molecule has 0 amide bonds. The first kappa shape index (κ1) is 13.1. The summed E-state index contributed by atoms with van der Waals surface area (Å²) in [5.41, 5.74) is 8.41. The van der Waals surface area contributed by atoms with Crippen LogP contribution in [0.3, 0.4) is 0 Å². The topological polar surface area (TPSA) is 52.0 Å². The number of hydrogen-bond acceptors (Lipinski definition) is 4. The number of hydrogen-bond donors (Lipinski definition) is 1. The Labute approximate surface area is 120 Å². The summed E-state index contributed by atoms with van der Waals surface area (Å²) in [5, 5.41) is 0.582. The molecule has 0 radical (unpaired) electrons. The average molecular weight is 288 g/mol. The molecule has 0 bridgehead atoms. The van der Waals surface area contributed by atoms with Gasteiger partial charge in [-0.1, -0.05) is 36.0 Å². The molecule has 1 aromatic heterocycles. The summed E-state index contributed by atoms with van der Waals surface area (Å²) < 4.78 is 18.7. The summed E-state index contributed by atoms with van der Waals surface area (Å²) in [7, 11) is 0. The molecule has 0 aliphatic rings. The second kappa shape index (κ2) is 5.64. The molecule has 0 saturated heterocycles. The zero-order chi connectivity index (χ0) is 13.9. The van der Waals surface area contributed by atoms with Gasteiger partial charge in [0, 0.05) is 11.8 Å². The van der Waals surface area contributed by atoms with Gasteiger partial charge in [-0.2, -0.15) is 0 Å². The van der Waals surface area contributed by atoms with Gasteiger partial charge in [0.25, 0.3) is 5.22 Å². The second-order valence-corrected chi connectivity index (χ2v) is 5.39. The highest BCUT2D eigenvalue weighted by atomic mass is 32.2. The number of oxazole rings is 1. The summed E-state index contributed by atoms with van der Waals surface area (Å²) >= 11 is 1.43. The van der Waals surface area contributed by atoms with Crippen LogP contribution in [-0.4, -0.2) is 10.7 Å². The van der Waals surface area contributed by atoms with Gasteiger partial charge in [-0.15, -0.1) is 0 Å². The third-order valence-electron chi connectivity index (χ3n) is 2.94. The van der Waals surface area contributed by atoms with Crippen LogP contribution in [0.5, 0.6) is 0 Å². The van der Waals surface area contributed by atoms with Crippen LogP contribution in [0.4, 0.5) is 4.39 Å². The SMILES string of the molecule is NC(CSc1nc2ccccc2o1)c1cccc(F)c1. The molecule has 0 aliphatic carbocycles. The van der Waals surface area contributed by atoms with Crippen LogP contribution >= 0.6 is 11.8 Å². The van der Waals surface area contributed by atoms with Crippen molar-refractivity contribution in [3.05, 3.63) is 59.9 Å². The molecular formula is C15H13FN2OS. The number of rotatable bonds is 4. The number of nitrogens with zero attached hydrogens (tertiary/aromatic N) is 1. The lowest BCUT2D eigenvalue weighted by Gasteiger charge is -2.10. The quantitative estimate of drug-likeness (QED) is 0.743. The van der Waals surface area contributed by atoms with E-state index in [0.29, 0.717) is 11.0 Å². The van der Waals surface area contributed by atoms with Crippen molar-refractivity contribution in [3.63, 3.8) is 0 Å². The van der Waals surface area contributed by atoms with Crippen molar-refractivity contribution in [2.45, 2.75) is 11.3 Å². The van der Waals surface area contributed by atoms with E-state index in [2.05, 4.69) is 4.98 Å². The van der Waals surface area contributed by atoms with E-state index in [4.69, 9.17) is 10.2 Å². The normalized spacial score (nSPS) is 12.7. The van der Waals surface area contributed by atoms with E-state index in [1.165, 1.54) is 23.9 Å². The van der Waals surface area contributed by atoms with Crippen molar-refractivity contribution in [2.24, 2.45) is 5.73 Å². The average Bonchev–Trinajstić information content (AvgIpc) is 2.87. The molecule has 20 heavy (non-hydrogen) atoms. The largest absolute Gasteiger partial charge is 0.431 e. The minimum Gasteiger partial charge on any atom is -0.431 e. The molecule has 2 N–H and O–H groups in total. The molecule has 0 saturated carbocycles. The zero-order valence-corrected chi connectivity index (χ0v) is 11.4.